The molecule has 0 spiro atoms. The molecule has 0 bridgehead atoms. The Hall–Kier alpha value is -1.75. The van der Waals surface area contributed by atoms with Gasteiger partial charge in [-0.05, 0) is 39.1 Å². The van der Waals surface area contributed by atoms with Crippen molar-refractivity contribution in [3.8, 4) is 0 Å². The normalized spacial score (nSPS) is 19.9. The Morgan fingerprint density at radius 3 is 2.85 bits per heavy atom. The van der Waals surface area contributed by atoms with Gasteiger partial charge in [0, 0.05) is 37.1 Å². The van der Waals surface area contributed by atoms with Gasteiger partial charge in [0.25, 0.3) is 0 Å². The molecule has 0 aromatic heterocycles. The summed E-state index contributed by atoms with van der Waals surface area (Å²) in [5, 5.41) is 0. The van der Waals surface area contributed by atoms with Crippen LogP contribution in [0.3, 0.4) is 0 Å². The van der Waals surface area contributed by atoms with Crippen LogP contribution >= 0.6 is 0 Å². The van der Waals surface area contributed by atoms with Gasteiger partial charge in [-0.1, -0.05) is 0 Å². The maximum Gasteiger partial charge on any atom is 0.340 e. The van der Waals surface area contributed by atoms with E-state index in [-0.39, 0.29) is 5.97 Å². The van der Waals surface area contributed by atoms with Crippen LogP contribution in [0.25, 0.3) is 0 Å². The Kier molecular flexibility index (Phi) is 4.49. The van der Waals surface area contributed by atoms with Gasteiger partial charge in [0.2, 0.25) is 0 Å². The van der Waals surface area contributed by atoms with Gasteiger partial charge in [-0.2, -0.15) is 0 Å². The molecule has 1 unspecified atom stereocenters. The second kappa shape index (κ2) is 6.13. The second-order valence-corrected chi connectivity index (χ2v) is 5.30. The van der Waals surface area contributed by atoms with Gasteiger partial charge in [0.15, 0.2) is 0 Å². The zero-order chi connectivity index (χ0) is 14.7. The van der Waals surface area contributed by atoms with E-state index in [2.05, 4.69) is 23.8 Å². The van der Waals surface area contributed by atoms with E-state index in [1.54, 1.807) is 13.0 Å². The number of rotatable bonds is 3. The molecule has 0 aliphatic carbocycles. The Balaban J connectivity index is 2.25. The lowest BCUT2D eigenvalue weighted by atomic mass is 10.1. The maximum atomic E-state index is 11.9. The summed E-state index contributed by atoms with van der Waals surface area (Å²) in [5.74, 6) is -0.353. The first kappa shape index (κ1) is 14.7. The van der Waals surface area contributed by atoms with Crippen LogP contribution in [0.1, 0.15) is 24.2 Å². The van der Waals surface area contributed by atoms with Gasteiger partial charge in [-0.3, -0.25) is 0 Å². The molecule has 1 aliphatic rings. The molecule has 1 fully saturated rings. The van der Waals surface area contributed by atoms with E-state index in [1.165, 1.54) is 0 Å². The maximum absolute atomic E-state index is 11.9. The van der Waals surface area contributed by atoms with Crippen molar-refractivity contribution in [3.05, 3.63) is 23.8 Å². The van der Waals surface area contributed by atoms with E-state index in [0.29, 0.717) is 23.9 Å². The number of carbonyl (C=O) groups is 1. The molecular formula is C15H23N3O2. The van der Waals surface area contributed by atoms with E-state index >= 15 is 0 Å². The average Bonchev–Trinajstić information content (AvgIpc) is 2.40. The molecule has 1 saturated heterocycles. The number of nitrogens with two attached hydrogens (primary N) is 1. The molecule has 0 amide bonds. The van der Waals surface area contributed by atoms with Crippen LogP contribution in [-0.2, 0) is 4.74 Å². The largest absolute Gasteiger partial charge is 0.462 e. The van der Waals surface area contributed by atoms with Crippen LogP contribution < -0.4 is 10.6 Å². The number of piperazine rings is 1. The fourth-order valence-electron chi connectivity index (χ4n) is 2.63. The molecular weight excluding hydrogens is 254 g/mol. The monoisotopic (exact) mass is 277 g/mol. The Bertz CT molecular complexity index is 490. The number of esters is 1. The Morgan fingerprint density at radius 1 is 1.45 bits per heavy atom. The molecule has 110 valence electrons. The molecule has 1 heterocycles. The molecule has 1 atom stereocenters. The smallest absolute Gasteiger partial charge is 0.340 e. The zero-order valence-corrected chi connectivity index (χ0v) is 12.4. The number of likely N-dealkylation sites (N-methyl/N-ethyl adjacent to an activating group) is 1. The van der Waals surface area contributed by atoms with E-state index in [9.17, 15) is 4.79 Å². The van der Waals surface area contributed by atoms with Crippen LogP contribution in [0.4, 0.5) is 11.4 Å². The summed E-state index contributed by atoms with van der Waals surface area (Å²) in [4.78, 5) is 16.5. The van der Waals surface area contributed by atoms with Crippen molar-refractivity contribution in [1.29, 1.82) is 0 Å². The molecule has 5 nitrogen and oxygen atoms in total. The summed E-state index contributed by atoms with van der Waals surface area (Å²) in [6.07, 6.45) is 0. The lowest BCUT2D eigenvalue weighted by Crippen LogP contribution is -2.50. The van der Waals surface area contributed by atoms with Gasteiger partial charge >= 0.3 is 5.97 Å². The van der Waals surface area contributed by atoms with Crippen molar-refractivity contribution in [2.45, 2.75) is 19.9 Å². The van der Waals surface area contributed by atoms with Crippen molar-refractivity contribution in [1.82, 2.24) is 4.90 Å². The highest BCUT2D eigenvalue weighted by molar-refractivity contribution is 5.96. The van der Waals surface area contributed by atoms with Crippen LogP contribution in [0, 0.1) is 0 Å². The predicted octanol–water partition coefficient (Wildman–Crippen LogP) is 1.59. The zero-order valence-electron chi connectivity index (χ0n) is 12.4. The van der Waals surface area contributed by atoms with E-state index in [0.717, 1.165) is 25.3 Å². The molecule has 0 radical (unpaired) electrons. The third-order valence-electron chi connectivity index (χ3n) is 3.69. The lowest BCUT2D eigenvalue weighted by molar-refractivity contribution is 0.0527. The number of nitrogens with zero attached hydrogens (tertiary/aromatic N) is 2. The van der Waals surface area contributed by atoms with E-state index in [1.807, 2.05) is 12.1 Å². The third kappa shape index (κ3) is 3.04. The number of carbonyl (C=O) groups excluding carboxylic acids is 1. The topological polar surface area (TPSA) is 58.8 Å². The quantitative estimate of drug-likeness (QED) is 0.671. The van der Waals surface area contributed by atoms with E-state index in [4.69, 9.17) is 10.5 Å². The van der Waals surface area contributed by atoms with Gasteiger partial charge < -0.3 is 20.3 Å². The van der Waals surface area contributed by atoms with Gasteiger partial charge in [-0.15, -0.1) is 0 Å². The number of nitrogen functional groups attached to an aromatic ring is 1. The summed E-state index contributed by atoms with van der Waals surface area (Å²) in [5.41, 5.74) is 7.83. The van der Waals surface area contributed by atoms with Crippen LogP contribution in [0.2, 0.25) is 0 Å². The Labute approximate surface area is 120 Å². The summed E-state index contributed by atoms with van der Waals surface area (Å²) in [6, 6.07) is 6.01. The number of ether oxygens (including phenoxy) is 1. The van der Waals surface area contributed by atoms with Crippen molar-refractivity contribution in [2.24, 2.45) is 0 Å². The average molecular weight is 277 g/mol. The molecule has 1 aliphatic heterocycles. The van der Waals surface area contributed by atoms with Crippen LogP contribution in [0.5, 0.6) is 0 Å². The molecule has 0 saturated carbocycles. The highest BCUT2D eigenvalue weighted by Crippen LogP contribution is 2.25. The van der Waals surface area contributed by atoms with E-state index < -0.39 is 0 Å². The van der Waals surface area contributed by atoms with Crippen LogP contribution in [0.15, 0.2) is 18.2 Å². The van der Waals surface area contributed by atoms with Gasteiger partial charge in [0.05, 0.1) is 12.2 Å². The fourth-order valence-corrected chi connectivity index (χ4v) is 2.63. The van der Waals surface area contributed by atoms with Crippen molar-refractivity contribution in [2.75, 3.05) is 43.9 Å². The lowest BCUT2D eigenvalue weighted by Gasteiger charge is -2.40. The minimum absolute atomic E-state index is 0.353. The molecule has 2 N–H and O–H groups in total. The first-order valence-electron chi connectivity index (χ1n) is 7.04. The summed E-state index contributed by atoms with van der Waals surface area (Å²) < 4.78 is 5.05. The fraction of sp³-hybridized carbons (Fsp3) is 0.533. The minimum Gasteiger partial charge on any atom is -0.462 e. The van der Waals surface area contributed by atoms with Gasteiger partial charge in [0.1, 0.15) is 0 Å². The molecule has 1 aromatic carbocycles. The Morgan fingerprint density at radius 2 is 2.20 bits per heavy atom. The minimum atomic E-state index is -0.353. The predicted molar refractivity (Wildman–Crippen MR) is 81.1 cm³/mol. The third-order valence-corrected chi connectivity index (χ3v) is 3.69. The van der Waals surface area contributed by atoms with Crippen molar-refractivity contribution >= 4 is 17.3 Å². The molecule has 2 rings (SSSR count). The highest BCUT2D eigenvalue weighted by Gasteiger charge is 2.23. The first-order valence-corrected chi connectivity index (χ1v) is 7.04. The standard InChI is InChI=1S/C15H23N3O2/c1-4-20-15(19)13-9-12(5-6-14(13)16)18-8-7-17(3)10-11(18)2/h5-6,9,11H,4,7-8,10,16H2,1-3H3. The van der Waals surface area contributed by atoms with Crippen molar-refractivity contribution < 1.29 is 9.53 Å². The summed E-state index contributed by atoms with van der Waals surface area (Å²) in [6.45, 7) is 7.32. The number of anilines is 2. The number of hydrogen-bond acceptors (Lipinski definition) is 5. The number of hydrogen-bond donors (Lipinski definition) is 1. The highest BCUT2D eigenvalue weighted by atomic mass is 16.5. The SMILES string of the molecule is CCOC(=O)c1cc(N2CCN(C)CC2C)ccc1N. The number of benzene rings is 1. The summed E-state index contributed by atoms with van der Waals surface area (Å²) >= 11 is 0. The first-order chi connectivity index (χ1) is 9.52. The van der Waals surface area contributed by atoms with Crippen LogP contribution in [-0.4, -0.2) is 50.2 Å². The molecule has 1 aromatic rings. The second-order valence-electron chi connectivity index (χ2n) is 5.30. The summed E-state index contributed by atoms with van der Waals surface area (Å²) in [7, 11) is 2.13. The van der Waals surface area contributed by atoms with Crippen molar-refractivity contribution in [3.63, 3.8) is 0 Å². The van der Waals surface area contributed by atoms with Gasteiger partial charge in [-0.25, -0.2) is 4.79 Å². The molecule has 5 heteroatoms. The molecule has 20 heavy (non-hydrogen) atoms.